The summed E-state index contributed by atoms with van der Waals surface area (Å²) in [5.41, 5.74) is -0.466. The first-order chi connectivity index (χ1) is 12.4. The van der Waals surface area contributed by atoms with Gasteiger partial charge >= 0.3 is 0 Å². The number of hydrogen-bond donors (Lipinski definition) is 0. The maximum atomic E-state index is 12.1. The third kappa shape index (κ3) is 4.40. The van der Waals surface area contributed by atoms with Gasteiger partial charge in [-0.1, -0.05) is 0 Å². The molecule has 27 heavy (non-hydrogen) atoms. The monoisotopic (exact) mass is 376 g/mol. The van der Waals surface area contributed by atoms with Crippen molar-refractivity contribution in [1.29, 1.82) is 0 Å². The van der Waals surface area contributed by atoms with E-state index in [-0.39, 0.29) is 17.2 Å². The van der Waals surface area contributed by atoms with E-state index in [2.05, 4.69) is 4.98 Å². The number of carbonyl (C=O) groups excluding carboxylic acids is 6. The molecular weight excluding hydrogens is 356 g/mol. The summed E-state index contributed by atoms with van der Waals surface area (Å²) in [4.78, 5) is 78.2. The van der Waals surface area contributed by atoms with Crippen LogP contribution in [0.1, 0.15) is 41.5 Å². The molecule has 10 heteroatoms. The maximum Gasteiger partial charge on any atom is 0.231 e. The van der Waals surface area contributed by atoms with Crippen LogP contribution in [0.3, 0.4) is 0 Å². The van der Waals surface area contributed by atoms with E-state index in [1.54, 1.807) is 0 Å². The van der Waals surface area contributed by atoms with Crippen molar-refractivity contribution >= 4 is 52.6 Å². The number of pyridine rings is 1. The molecule has 0 saturated carbocycles. The largest absolute Gasteiger partial charge is 0.274 e. The average Bonchev–Trinajstić information content (AvgIpc) is 2.47. The molecule has 0 aliphatic carbocycles. The van der Waals surface area contributed by atoms with Gasteiger partial charge in [-0.15, -0.1) is 0 Å². The summed E-state index contributed by atoms with van der Waals surface area (Å²) in [6.07, 6.45) is 1.16. The lowest BCUT2D eigenvalue weighted by molar-refractivity contribution is -0.126. The van der Waals surface area contributed by atoms with Crippen molar-refractivity contribution in [3.05, 3.63) is 12.3 Å². The SMILES string of the molecule is CC(=O)N(C(C)=O)c1ccnc(N(C(C)=O)C(C)=O)c1N(C(C)=O)C(C)=O. The molecule has 6 amide bonds. The second-order valence-corrected chi connectivity index (χ2v) is 5.62. The predicted octanol–water partition coefficient (Wildman–Crippen LogP) is 0.780. The molecule has 10 nitrogen and oxygen atoms in total. The van der Waals surface area contributed by atoms with Crippen molar-refractivity contribution in [2.24, 2.45) is 0 Å². The molecule has 144 valence electrons. The van der Waals surface area contributed by atoms with Crippen LogP contribution in [-0.4, -0.2) is 40.4 Å². The topological polar surface area (TPSA) is 125 Å². The van der Waals surface area contributed by atoms with Crippen molar-refractivity contribution in [2.45, 2.75) is 41.5 Å². The Morgan fingerprint density at radius 1 is 0.630 bits per heavy atom. The first-order valence-electron chi connectivity index (χ1n) is 7.84. The van der Waals surface area contributed by atoms with Gasteiger partial charge in [0.1, 0.15) is 5.69 Å². The van der Waals surface area contributed by atoms with Gasteiger partial charge in [-0.3, -0.25) is 28.8 Å². The Labute approximate surface area is 155 Å². The Morgan fingerprint density at radius 3 is 1.33 bits per heavy atom. The summed E-state index contributed by atoms with van der Waals surface area (Å²) in [5, 5.41) is 0. The third-order valence-electron chi connectivity index (χ3n) is 3.45. The minimum Gasteiger partial charge on any atom is -0.274 e. The number of anilines is 3. The average molecular weight is 376 g/mol. The van der Waals surface area contributed by atoms with E-state index in [0.717, 1.165) is 52.6 Å². The quantitative estimate of drug-likeness (QED) is 0.763. The summed E-state index contributed by atoms with van der Waals surface area (Å²) in [6.45, 7) is 6.59. The Kier molecular flexibility index (Phi) is 6.64. The van der Waals surface area contributed by atoms with Gasteiger partial charge in [0.25, 0.3) is 0 Å². The molecular formula is C17H20N4O6. The van der Waals surface area contributed by atoms with Gasteiger partial charge in [-0.05, 0) is 6.07 Å². The van der Waals surface area contributed by atoms with Crippen molar-refractivity contribution in [3.63, 3.8) is 0 Å². The number of aromatic nitrogens is 1. The second-order valence-electron chi connectivity index (χ2n) is 5.62. The molecule has 1 heterocycles. The van der Waals surface area contributed by atoms with Crippen LogP contribution in [0.25, 0.3) is 0 Å². The van der Waals surface area contributed by atoms with E-state index in [1.165, 1.54) is 6.07 Å². The van der Waals surface area contributed by atoms with Crippen LogP contribution in [0, 0.1) is 0 Å². The molecule has 0 spiro atoms. The van der Waals surface area contributed by atoms with Gasteiger partial charge < -0.3 is 0 Å². The first-order valence-corrected chi connectivity index (χ1v) is 7.84. The van der Waals surface area contributed by atoms with E-state index in [4.69, 9.17) is 0 Å². The maximum absolute atomic E-state index is 12.1. The molecule has 0 N–H and O–H groups in total. The number of carbonyl (C=O) groups is 6. The van der Waals surface area contributed by atoms with Gasteiger partial charge in [0.15, 0.2) is 5.82 Å². The van der Waals surface area contributed by atoms with Crippen LogP contribution in [0.15, 0.2) is 12.3 Å². The fourth-order valence-electron chi connectivity index (χ4n) is 2.61. The zero-order chi connectivity index (χ0) is 21.0. The lowest BCUT2D eigenvalue weighted by atomic mass is 10.2. The molecule has 0 bridgehead atoms. The molecule has 1 aromatic heterocycles. The molecule has 0 saturated heterocycles. The summed E-state index contributed by atoms with van der Waals surface area (Å²) in [7, 11) is 0. The number of amides is 6. The highest BCUT2D eigenvalue weighted by atomic mass is 16.2. The number of hydrogen-bond acceptors (Lipinski definition) is 7. The van der Waals surface area contributed by atoms with Gasteiger partial charge in [-0.25, -0.2) is 19.7 Å². The van der Waals surface area contributed by atoms with Gasteiger partial charge in [-0.2, -0.15) is 0 Å². The van der Waals surface area contributed by atoms with Crippen molar-refractivity contribution in [1.82, 2.24) is 4.98 Å². The van der Waals surface area contributed by atoms with E-state index in [0.29, 0.717) is 9.80 Å². The summed E-state index contributed by atoms with van der Waals surface area (Å²) >= 11 is 0. The molecule has 1 rings (SSSR count). The zero-order valence-electron chi connectivity index (χ0n) is 15.9. The smallest absolute Gasteiger partial charge is 0.231 e. The van der Waals surface area contributed by atoms with E-state index < -0.39 is 35.4 Å². The second kappa shape index (κ2) is 8.30. The first kappa shape index (κ1) is 21.6. The Balaban J connectivity index is 4.04. The third-order valence-corrected chi connectivity index (χ3v) is 3.45. The molecule has 0 aliphatic rings. The lowest BCUT2D eigenvalue weighted by Crippen LogP contribution is -2.41. The number of rotatable bonds is 3. The fourth-order valence-corrected chi connectivity index (χ4v) is 2.61. The zero-order valence-corrected chi connectivity index (χ0v) is 15.9. The van der Waals surface area contributed by atoms with Crippen LogP contribution in [0.2, 0.25) is 0 Å². The summed E-state index contributed by atoms with van der Waals surface area (Å²) in [6, 6.07) is 1.24. The minimum atomic E-state index is -0.753. The van der Waals surface area contributed by atoms with Gasteiger partial charge in [0.05, 0.1) is 5.69 Å². The fraction of sp³-hybridized carbons (Fsp3) is 0.353. The van der Waals surface area contributed by atoms with Crippen molar-refractivity contribution in [3.8, 4) is 0 Å². The molecule has 0 aliphatic heterocycles. The van der Waals surface area contributed by atoms with Gasteiger partial charge in [0, 0.05) is 47.7 Å². The van der Waals surface area contributed by atoms with E-state index >= 15 is 0 Å². The van der Waals surface area contributed by atoms with E-state index in [1.807, 2.05) is 0 Å². The summed E-state index contributed by atoms with van der Waals surface area (Å²) < 4.78 is 0. The van der Waals surface area contributed by atoms with Crippen molar-refractivity contribution < 1.29 is 28.8 Å². The van der Waals surface area contributed by atoms with Crippen LogP contribution < -0.4 is 14.7 Å². The Morgan fingerprint density at radius 2 is 1.00 bits per heavy atom. The molecule has 1 aromatic rings. The standard InChI is InChI=1S/C17H20N4O6/c1-9(22)19(10(2)23)15-7-8-18-17(21(13(5)26)14(6)27)16(15)20(11(3)24)12(4)25/h7-8H,1-6H3. The number of nitrogens with zero attached hydrogens (tertiary/aromatic N) is 4. The molecule has 0 unspecified atom stereocenters. The molecule has 0 radical (unpaired) electrons. The Bertz CT molecular complexity index is 756. The normalized spacial score (nSPS) is 10.0. The highest BCUT2D eigenvalue weighted by molar-refractivity contribution is 6.25. The van der Waals surface area contributed by atoms with E-state index in [9.17, 15) is 28.8 Å². The highest BCUT2D eigenvalue weighted by Gasteiger charge is 2.33. The molecule has 0 atom stereocenters. The van der Waals surface area contributed by atoms with Crippen LogP contribution in [-0.2, 0) is 28.8 Å². The predicted molar refractivity (Wildman–Crippen MR) is 95.8 cm³/mol. The van der Waals surface area contributed by atoms with Crippen LogP contribution in [0.5, 0.6) is 0 Å². The molecule has 0 aromatic carbocycles. The van der Waals surface area contributed by atoms with Crippen LogP contribution in [0.4, 0.5) is 17.2 Å². The van der Waals surface area contributed by atoms with Crippen LogP contribution >= 0.6 is 0 Å². The summed E-state index contributed by atoms with van der Waals surface area (Å²) in [5.74, 6) is -4.68. The lowest BCUT2D eigenvalue weighted by Gasteiger charge is -2.29. The Hall–Kier alpha value is -3.43. The minimum absolute atomic E-state index is 0.155. The number of imide groups is 3. The van der Waals surface area contributed by atoms with Gasteiger partial charge in [0.2, 0.25) is 35.4 Å². The molecule has 0 fully saturated rings. The van der Waals surface area contributed by atoms with Crippen molar-refractivity contribution in [2.75, 3.05) is 14.7 Å². The highest BCUT2D eigenvalue weighted by Crippen LogP contribution is 2.38.